The molecule has 35 heavy (non-hydrogen) atoms. The number of nitrogens with one attached hydrogen (secondary N) is 1. The SMILES string of the molecule is Cc1ccc(C(C)(C)N2CCC(CCc3ccc(F)s3)([C@H](F)NC(=O)Oc3ccccc3)C2)cn1. The van der Waals surface area contributed by atoms with Crippen molar-refractivity contribution in [2.45, 2.75) is 51.9 Å². The first-order chi connectivity index (χ1) is 16.7. The van der Waals surface area contributed by atoms with Gasteiger partial charge in [0.15, 0.2) is 11.4 Å². The van der Waals surface area contributed by atoms with Crippen LogP contribution in [0.15, 0.2) is 60.8 Å². The molecular weight excluding hydrogens is 468 g/mol. The molecule has 4 rings (SSSR count). The highest BCUT2D eigenvalue weighted by atomic mass is 32.1. The number of likely N-dealkylation sites (tertiary alicyclic amines) is 1. The van der Waals surface area contributed by atoms with Crippen LogP contribution in [-0.2, 0) is 12.0 Å². The van der Waals surface area contributed by atoms with E-state index in [1.807, 2.05) is 25.3 Å². The number of aromatic nitrogens is 1. The van der Waals surface area contributed by atoms with Crippen molar-refractivity contribution in [3.8, 4) is 5.75 Å². The predicted molar refractivity (Wildman–Crippen MR) is 134 cm³/mol. The lowest BCUT2D eigenvalue weighted by molar-refractivity contribution is 0.0534. The molecule has 5 nitrogen and oxygen atoms in total. The van der Waals surface area contributed by atoms with E-state index >= 15 is 4.39 Å². The van der Waals surface area contributed by atoms with Crippen LogP contribution in [0.2, 0.25) is 0 Å². The van der Waals surface area contributed by atoms with Crippen molar-refractivity contribution in [1.82, 2.24) is 15.2 Å². The minimum atomic E-state index is -1.62. The molecule has 8 heteroatoms. The number of alkyl halides is 1. The minimum Gasteiger partial charge on any atom is -0.410 e. The summed E-state index contributed by atoms with van der Waals surface area (Å²) in [5, 5.41) is 2.18. The molecule has 0 saturated carbocycles. The van der Waals surface area contributed by atoms with Crippen LogP contribution in [0.3, 0.4) is 0 Å². The molecule has 2 atom stereocenters. The Morgan fingerprint density at radius 1 is 1.23 bits per heavy atom. The molecule has 1 aliphatic rings. The maximum atomic E-state index is 15.9. The monoisotopic (exact) mass is 499 g/mol. The summed E-state index contributed by atoms with van der Waals surface area (Å²) >= 11 is 1.08. The Bertz CT molecular complexity index is 1140. The number of aryl methyl sites for hydroxylation is 2. The summed E-state index contributed by atoms with van der Waals surface area (Å²) in [6, 6.07) is 15.8. The van der Waals surface area contributed by atoms with Crippen molar-refractivity contribution in [2.24, 2.45) is 5.41 Å². The van der Waals surface area contributed by atoms with E-state index in [2.05, 4.69) is 35.1 Å². The van der Waals surface area contributed by atoms with E-state index in [1.165, 1.54) is 6.07 Å². The average Bonchev–Trinajstić information content (AvgIpc) is 3.46. The lowest BCUT2D eigenvalue weighted by Crippen LogP contribution is -2.49. The maximum absolute atomic E-state index is 15.9. The summed E-state index contributed by atoms with van der Waals surface area (Å²) in [7, 11) is 0. The number of thiophene rings is 1. The zero-order valence-corrected chi connectivity index (χ0v) is 21.1. The zero-order chi connectivity index (χ0) is 25.1. The van der Waals surface area contributed by atoms with E-state index < -0.39 is 17.8 Å². The highest BCUT2D eigenvalue weighted by Crippen LogP contribution is 2.44. The quantitative estimate of drug-likeness (QED) is 0.373. The number of ether oxygens (including phenoxy) is 1. The van der Waals surface area contributed by atoms with Gasteiger partial charge in [0.25, 0.3) is 0 Å². The molecule has 186 valence electrons. The largest absolute Gasteiger partial charge is 0.414 e. The van der Waals surface area contributed by atoms with Crippen molar-refractivity contribution in [3.63, 3.8) is 0 Å². The molecule has 1 fully saturated rings. The van der Waals surface area contributed by atoms with E-state index in [9.17, 15) is 9.18 Å². The summed E-state index contributed by atoms with van der Waals surface area (Å²) in [4.78, 5) is 20.0. The molecule has 3 heterocycles. The maximum Gasteiger partial charge on any atom is 0.414 e. The number of nitrogens with zero attached hydrogens (tertiary/aromatic N) is 2. The molecule has 0 spiro atoms. The number of pyridine rings is 1. The zero-order valence-electron chi connectivity index (χ0n) is 20.3. The van der Waals surface area contributed by atoms with Crippen LogP contribution in [0, 0.1) is 17.5 Å². The molecule has 1 aromatic carbocycles. The predicted octanol–water partition coefficient (Wildman–Crippen LogP) is 6.23. The number of carbonyl (C=O) groups is 1. The topological polar surface area (TPSA) is 54.5 Å². The van der Waals surface area contributed by atoms with E-state index in [0.717, 1.165) is 27.5 Å². The van der Waals surface area contributed by atoms with Crippen LogP contribution in [0.5, 0.6) is 5.75 Å². The highest BCUT2D eigenvalue weighted by Gasteiger charge is 2.49. The fraction of sp³-hybridized carbons (Fsp3) is 0.407. The third kappa shape index (κ3) is 5.87. The van der Waals surface area contributed by atoms with Crippen LogP contribution in [0.25, 0.3) is 0 Å². The number of halogens is 2. The molecule has 1 N–H and O–H groups in total. The van der Waals surface area contributed by atoms with Crippen molar-refractivity contribution >= 4 is 17.4 Å². The summed E-state index contributed by atoms with van der Waals surface area (Å²) in [6.07, 6.45) is 0.970. The van der Waals surface area contributed by atoms with Gasteiger partial charge in [-0.25, -0.2) is 9.18 Å². The molecule has 3 aromatic rings. The molecular formula is C27H31F2N3O2S. The van der Waals surface area contributed by atoms with Crippen LogP contribution >= 0.6 is 11.3 Å². The van der Waals surface area contributed by atoms with Gasteiger partial charge in [0.05, 0.1) is 0 Å². The third-order valence-electron chi connectivity index (χ3n) is 7.03. The molecule has 2 aromatic heterocycles. The summed E-state index contributed by atoms with van der Waals surface area (Å²) in [5.41, 5.74) is 0.771. The lowest BCUT2D eigenvalue weighted by Gasteiger charge is -2.39. The van der Waals surface area contributed by atoms with E-state index in [0.29, 0.717) is 38.1 Å². The molecule has 1 saturated heterocycles. The van der Waals surface area contributed by atoms with Gasteiger partial charge in [-0.05, 0) is 82.5 Å². The van der Waals surface area contributed by atoms with Gasteiger partial charge < -0.3 is 4.74 Å². The van der Waals surface area contributed by atoms with E-state index in [-0.39, 0.29) is 10.7 Å². The van der Waals surface area contributed by atoms with E-state index in [1.54, 1.807) is 30.3 Å². The number of benzene rings is 1. The standard InChI is InChI=1S/C27H31F2N3O2S/c1-19-9-10-20(17-30-19)26(2,3)32-16-15-27(18-32,14-13-22-11-12-23(28)35-22)24(29)31-25(33)34-21-7-5-4-6-8-21/h4-12,17,24H,13-16,18H2,1-3H3,(H,31,33)/t24-,27?/m1/s1. The first-order valence-electron chi connectivity index (χ1n) is 11.8. The van der Waals surface area contributed by atoms with Crippen molar-refractivity contribution in [3.05, 3.63) is 82.1 Å². The first kappa shape index (κ1) is 25.3. The Balaban J connectivity index is 1.52. The van der Waals surface area contributed by atoms with Crippen LogP contribution in [-0.4, -0.2) is 35.4 Å². The van der Waals surface area contributed by atoms with Gasteiger partial charge >= 0.3 is 6.09 Å². The minimum absolute atomic E-state index is 0.253. The molecule has 0 bridgehead atoms. The highest BCUT2D eigenvalue weighted by molar-refractivity contribution is 7.10. The lowest BCUT2D eigenvalue weighted by atomic mass is 9.80. The Morgan fingerprint density at radius 2 is 2.00 bits per heavy atom. The van der Waals surface area contributed by atoms with Crippen LogP contribution in [0.4, 0.5) is 13.6 Å². The Hall–Kier alpha value is -2.84. The van der Waals surface area contributed by atoms with Crippen molar-refractivity contribution < 1.29 is 18.3 Å². The fourth-order valence-electron chi connectivity index (χ4n) is 4.66. The second kappa shape index (κ2) is 10.4. The van der Waals surface area contributed by atoms with Gasteiger partial charge in [0.1, 0.15) is 5.75 Å². The number of hydrogen-bond donors (Lipinski definition) is 1. The van der Waals surface area contributed by atoms with Gasteiger partial charge in [0, 0.05) is 34.3 Å². The van der Waals surface area contributed by atoms with Gasteiger partial charge in [-0.3, -0.25) is 15.2 Å². The summed E-state index contributed by atoms with van der Waals surface area (Å²) in [5.74, 6) is 0.348. The molecule has 0 radical (unpaired) electrons. The second-order valence-corrected chi connectivity index (χ2v) is 10.8. The molecule has 1 unspecified atom stereocenters. The van der Waals surface area contributed by atoms with Crippen molar-refractivity contribution in [2.75, 3.05) is 13.1 Å². The number of para-hydroxylation sites is 1. The number of rotatable bonds is 8. The first-order valence-corrected chi connectivity index (χ1v) is 12.6. The van der Waals surface area contributed by atoms with Crippen LogP contribution < -0.4 is 10.1 Å². The number of amides is 1. The van der Waals surface area contributed by atoms with Gasteiger partial charge in [-0.15, -0.1) is 11.3 Å². The second-order valence-electron chi connectivity index (χ2n) is 9.70. The number of hydrogen-bond acceptors (Lipinski definition) is 5. The Labute approximate surface area is 209 Å². The fourth-order valence-corrected chi connectivity index (χ4v) is 5.39. The van der Waals surface area contributed by atoms with Crippen molar-refractivity contribution in [1.29, 1.82) is 0 Å². The van der Waals surface area contributed by atoms with Gasteiger partial charge in [0.2, 0.25) is 0 Å². The summed E-state index contributed by atoms with van der Waals surface area (Å²) in [6.45, 7) is 7.26. The molecule has 0 aliphatic carbocycles. The van der Waals surface area contributed by atoms with E-state index in [4.69, 9.17) is 4.74 Å². The summed E-state index contributed by atoms with van der Waals surface area (Å²) < 4.78 is 34.7. The Kier molecular flexibility index (Phi) is 7.52. The normalized spacial score (nSPS) is 19.5. The third-order valence-corrected chi connectivity index (χ3v) is 7.96. The smallest absolute Gasteiger partial charge is 0.410 e. The Morgan fingerprint density at radius 3 is 2.66 bits per heavy atom. The molecule has 1 amide bonds. The van der Waals surface area contributed by atoms with Crippen LogP contribution in [0.1, 0.15) is 42.8 Å². The van der Waals surface area contributed by atoms with Gasteiger partial charge in [-0.1, -0.05) is 24.3 Å². The molecule has 1 aliphatic heterocycles. The average molecular weight is 500 g/mol. The number of carbonyl (C=O) groups excluding carboxylic acids is 1. The van der Waals surface area contributed by atoms with Gasteiger partial charge in [-0.2, -0.15) is 4.39 Å².